The largest absolute Gasteiger partial charge is 0.379 e. The van der Waals surface area contributed by atoms with Crippen LogP contribution in [0.5, 0.6) is 0 Å². The summed E-state index contributed by atoms with van der Waals surface area (Å²) in [5.74, 6) is 2.50. The molecule has 13 heavy (non-hydrogen) atoms. The molecular weight excluding hydrogens is 164 g/mol. The highest BCUT2D eigenvalue weighted by Crippen LogP contribution is 2.24. The molecule has 2 aliphatic heterocycles. The van der Waals surface area contributed by atoms with E-state index in [0.717, 1.165) is 25.2 Å². The van der Waals surface area contributed by atoms with Crippen LogP contribution in [-0.4, -0.2) is 25.1 Å². The maximum absolute atomic E-state index is 10.4. The summed E-state index contributed by atoms with van der Waals surface area (Å²) >= 11 is 0. The molecule has 0 aliphatic carbocycles. The van der Waals surface area contributed by atoms with Gasteiger partial charge in [0.25, 0.3) is 0 Å². The summed E-state index contributed by atoms with van der Waals surface area (Å²) in [6.45, 7) is 1.93. The van der Waals surface area contributed by atoms with Gasteiger partial charge in [0.2, 0.25) is 0 Å². The van der Waals surface area contributed by atoms with Crippen molar-refractivity contribution in [2.45, 2.75) is 31.7 Å². The number of nitrogens with one attached hydrogen (secondary N) is 1. The van der Waals surface area contributed by atoms with Gasteiger partial charge >= 0.3 is 0 Å². The van der Waals surface area contributed by atoms with Gasteiger partial charge in [-0.2, -0.15) is 0 Å². The van der Waals surface area contributed by atoms with Gasteiger partial charge in [-0.05, 0) is 18.8 Å². The summed E-state index contributed by atoms with van der Waals surface area (Å²) in [5, 5.41) is 7.68. The summed E-state index contributed by atoms with van der Waals surface area (Å²) in [6.07, 6.45) is 4.61. The van der Waals surface area contributed by atoms with E-state index in [0.29, 0.717) is 12.0 Å². The zero-order valence-electron chi connectivity index (χ0n) is 7.75. The van der Waals surface area contributed by atoms with Crippen LogP contribution in [0, 0.1) is 5.92 Å². The van der Waals surface area contributed by atoms with E-state index in [9.17, 15) is 4.79 Å². The van der Waals surface area contributed by atoms with Crippen LogP contribution in [0.2, 0.25) is 0 Å². The van der Waals surface area contributed by atoms with Gasteiger partial charge in [0.15, 0.2) is 0 Å². The smallest absolute Gasteiger partial charge is 0.145 e. The zero-order valence-corrected chi connectivity index (χ0v) is 7.75. The second kappa shape index (κ2) is 3.95. The van der Waals surface area contributed by atoms with Gasteiger partial charge in [-0.1, -0.05) is 6.42 Å². The highest BCUT2D eigenvalue weighted by Gasteiger charge is 2.29. The lowest BCUT2D eigenvalue weighted by molar-refractivity contribution is 0.304. The molecule has 0 bridgehead atoms. The van der Waals surface area contributed by atoms with Crippen LogP contribution in [0.15, 0.2) is 5.70 Å². The molecule has 0 spiro atoms. The molecule has 71 valence electrons. The van der Waals surface area contributed by atoms with E-state index in [4.69, 9.17) is 0 Å². The molecule has 0 saturated carbocycles. The van der Waals surface area contributed by atoms with Gasteiger partial charge < -0.3 is 5.32 Å². The monoisotopic (exact) mass is 179 g/mol. The Hall–Kier alpha value is -0.790. The average molecular weight is 179 g/mol. The molecule has 2 saturated heterocycles. The van der Waals surface area contributed by atoms with Crippen molar-refractivity contribution in [3.8, 4) is 0 Å². The predicted octanol–water partition coefficient (Wildman–Crippen LogP) is 0.468. The van der Waals surface area contributed by atoms with Crippen molar-refractivity contribution in [1.29, 1.82) is 0 Å². The number of piperidine rings is 1. The fourth-order valence-electron chi connectivity index (χ4n) is 2.21. The van der Waals surface area contributed by atoms with Gasteiger partial charge in [-0.3, -0.25) is 0 Å². The van der Waals surface area contributed by atoms with Crippen molar-refractivity contribution >= 4 is 5.94 Å². The molecule has 2 atom stereocenters. The minimum Gasteiger partial charge on any atom is -0.379 e. The van der Waals surface area contributed by atoms with Gasteiger partial charge in [0.05, 0.1) is 5.70 Å². The van der Waals surface area contributed by atoms with Crippen LogP contribution >= 0.6 is 0 Å². The molecule has 0 aromatic heterocycles. The summed E-state index contributed by atoms with van der Waals surface area (Å²) in [7, 11) is 0. The van der Waals surface area contributed by atoms with Crippen molar-refractivity contribution in [2.75, 3.05) is 13.1 Å². The van der Waals surface area contributed by atoms with Crippen LogP contribution in [-0.2, 0) is 4.79 Å². The lowest BCUT2D eigenvalue weighted by atomic mass is 9.91. The molecule has 0 aromatic carbocycles. The SMILES string of the molecule is O=C=C1CC(C2CCCC[N]2)CN1. The standard InChI is InChI=1S/C10H15N2O/c13-7-9-5-8(6-12-9)10-3-1-2-4-11-10/h8,10,12H,1-6H2. The van der Waals surface area contributed by atoms with Crippen molar-refractivity contribution < 1.29 is 4.79 Å². The van der Waals surface area contributed by atoms with E-state index in [1.54, 1.807) is 0 Å². The Morgan fingerprint density at radius 1 is 1.46 bits per heavy atom. The number of hydrogen-bond donors (Lipinski definition) is 1. The Kier molecular flexibility index (Phi) is 2.67. The Balaban J connectivity index is 1.90. The van der Waals surface area contributed by atoms with Crippen LogP contribution in [0.25, 0.3) is 0 Å². The van der Waals surface area contributed by atoms with Gasteiger partial charge in [-0.15, -0.1) is 0 Å². The Bertz CT molecular complexity index is 227. The van der Waals surface area contributed by atoms with Crippen molar-refractivity contribution in [2.24, 2.45) is 5.92 Å². The molecule has 2 heterocycles. The molecule has 2 fully saturated rings. The summed E-state index contributed by atoms with van der Waals surface area (Å²) in [6, 6.07) is 0.493. The Labute approximate surface area is 78.6 Å². The second-order valence-corrected chi connectivity index (χ2v) is 3.90. The van der Waals surface area contributed by atoms with Crippen molar-refractivity contribution in [3.05, 3.63) is 5.70 Å². The minimum atomic E-state index is 0.493. The molecular formula is C10H15N2O. The normalized spacial score (nSPS) is 34.0. The lowest BCUT2D eigenvalue weighted by Gasteiger charge is -2.25. The van der Waals surface area contributed by atoms with Gasteiger partial charge in [0.1, 0.15) is 5.94 Å². The second-order valence-electron chi connectivity index (χ2n) is 3.90. The van der Waals surface area contributed by atoms with E-state index < -0.39 is 0 Å². The van der Waals surface area contributed by atoms with Crippen molar-refractivity contribution in [1.82, 2.24) is 10.6 Å². The van der Waals surface area contributed by atoms with E-state index in [1.165, 1.54) is 19.3 Å². The lowest BCUT2D eigenvalue weighted by Crippen LogP contribution is -2.35. The first-order chi connectivity index (χ1) is 6.40. The Morgan fingerprint density at radius 2 is 2.38 bits per heavy atom. The molecule has 1 N–H and O–H groups in total. The first kappa shape index (κ1) is 8.79. The van der Waals surface area contributed by atoms with E-state index in [1.807, 2.05) is 5.94 Å². The maximum atomic E-state index is 10.4. The first-order valence-electron chi connectivity index (χ1n) is 5.04. The Morgan fingerprint density at radius 3 is 3.00 bits per heavy atom. The summed E-state index contributed by atoms with van der Waals surface area (Å²) in [5.41, 5.74) is 0.741. The van der Waals surface area contributed by atoms with Crippen LogP contribution in [0.4, 0.5) is 0 Å². The van der Waals surface area contributed by atoms with E-state index in [2.05, 4.69) is 10.6 Å². The third kappa shape index (κ3) is 1.93. The molecule has 3 nitrogen and oxygen atoms in total. The third-order valence-electron chi connectivity index (χ3n) is 2.98. The van der Waals surface area contributed by atoms with Crippen LogP contribution in [0.3, 0.4) is 0 Å². The molecule has 2 rings (SSSR count). The maximum Gasteiger partial charge on any atom is 0.145 e. The molecule has 1 radical (unpaired) electrons. The van der Waals surface area contributed by atoms with Crippen LogP contribution < -0.4 is 10.6 Å². The fourth-order valence-corrected chi connectivity index (χ4v) is 2.21. The van der Waals surface area contributed by atoms with E-state index >= 15 is 0 Å². The topological polar surface area (TPSA) is 43.2 Å². The molecule has 0 aromatic rings. The molecule has 0 amide bonds. The quantitative estimate of drug-likeness (QED) is 0.594. The highest BCUT2D eigenvalue weighted by atomic mass is 16.1. The molecule has 2 unspecified atom stereocenters. The fraction of sp³-hybridized carbons (Fsp3) is 0.800. The number of allylic oxidation sites excluding steroid dienone is 1. The van der Waals surface area contributed by atoms with Gasteiger partial charge in [0, 0.05) is 25.6 Å². The first-order valence-corrected chi connectivity index (χ1v) is 5.04. The number of carbonyl (C=O) groups excluding carboxylic acids is 1. The minimum absolute atomic E-state index is 0.493. The predicted molar refractivity (Wildman–Crippen MR) is 50.0 cm³/mol. The number of rotatable bonds is 1. The van der Waals surface area contributed by atoms with Crippen LogP contribution in [0.1, 0.15) is 25.7 Å². The average Bonchev–Trinajstić information content (AvgIpc) is 2.67. The highest BCUT2D eigenvalue weighted by molar-refractivity contribution is 5.52. The third-order valence-corrected chi connectivity index (χ3v) is 2.98. The zero-order chi connectivity index (χ0) is 9.10. The van der Waals surface area contributed by atoms with E-state index in [-0.39, 0.29) is 0 Å². The molecule has 2 aliphatic rings. The van der Waals surface area contributed by atoms with Crippen molar-refractivity contribution in [3.63, 3.8) is 0 Å². The summed E-state index contributed by atoms with van der Waals surface area (Å²) < 4.78 is 0. The van der Waals surface area contributed by atoms with Gasteiger partial charge in [-0.25, -0.2) is 10.1 Å². The summed E-state index contributed by atoms with van der Waals surface area (Å²) in [4.78, 5) is 10.4. The molecule has 3 heteroatoms. The number of hydrogen-bond acceptors (Lipinski definition) is 2. The number of nitrogens with zero attached hydrogens (tertiary/aromatic N) is 1.